The van der Waals surface area contributed by atoms with E-state index in [1.807, 2.05) is 28.5 Å². The molecule has 0 saturated heterocycles. The topological polar surface area (TPSA) is 79.4 Å². The second kappa shape index (κ2) is 7.37. The smallest absolute Gasteiger partial charge is 0.233 e. The number of para-hydroxylation sites is 1. The van der Waals surface area contributed by atoms with Gasteiger partial charge in [-0.2, -0.15) is 0 Å². The normalized spacial score (nSPS) is 13.4. The summed E-state index contributed by atoms with van der Waals surface area (Å²) in [5, 5.41) is 5.68. The van der Waals surface area contributed by atoms with Crippen LogP contribution in [0.3, 0.4) is 0 Å². The number of anilines is 3. The number of nitrogens with zero attached hydrogens (tertiary/aromatic N) is 2. The minimum atomic E-state index is -3.21. The van der Waals surface area contributed by atoms with Gasteiger partial charge in [-0.1, -0.05) is 18.2 Å². The summed E-state index contributed by atoms with van der Waals surface area (Å²) in [7, 11) is -3.21. The second-order valence-electron chi connectivity index (χ2n) is 6.67. The molecule has 8 heteroatoms. The average molecular weight is 414 g/mol. The molecule has 0 fully saturated rings. The van der Waals surface area contributed by atoms with Crippen molar-refractivity contribution in [3.63, 3.8) is 0 Å². The van der Waals surface area contributed by atoms with E-state index >= 15 is 0 Å². The van der Waals surface area contributed by atoms with Crippen LogP contribution in [0.25, 0.3) is 0 Å². The molecular weight excluding hydrogens is 394 g/mol. The van der Waals surface area contributed by atoms with E-state index in [0.717, 1.165) is 23.5 Å². The van der Waals surface area contributed by atoms with E-state index in [4.69, 9.17) is 0 Å². The fraction of sp³-hybridized carbons (Fsp3) is 0.200. The lowest BCUT2D eigenvalue weighted by Crippen LogP contribution is -2.30. The van der Waals surface area contributed by atoms with Gasteiger partial charge in [-0.15, -0.1) is 11.3 Å². The Bertz CT molecular complexity index is 1120. The van der Waals surface area contributed by atoms with Gasteiger partial charge in [0.2, 0.25) is 5.91 Å². The first kappa shape index (κ1) is 18.6. The minimum Gasteiger partial charge on any atom is -0.332 e. The van der Waals surface area contributed by atoms with Crippen LogP contribution in [-0.4, -0.2) is 32.1 Å². The molecule has 6 nitrogen and oxygen atoms in total. The van der Waals surface area contributed by atoms with Crippen molar-refractivity contribution in [3.8, 4) is 0 Å². The Hall–Kier alpha value is -2.71. The molecule has 0 saturated carbocycles. The highest BCUT2D eigenvalue weighted by Crippen LogP contribution is 2.28. The summed E-state index contributed by atoms with van der Waals surface area (Å²) in [6.07, 6.45) is 2.31. The molecule has 144 valence electrons. The molecule has 0 bridgehead atoms. The van der Waals surface area contributed by atoms with Gasteiger partial charge >= 0.3 is 0 Å². The Morgan fingerprint density at radius 1 is 1.18 bits per heavy atom. The van der Waals surface area contributed by atoms with Crippen LogP contribution < -0.4 is 10.2 Å². The van der Waals surface area contributed by atoms with Crippen LogP contribution in [0.2, 0.25) is 0 Å². The van der Waals surface area contributed by atoms with E-state index in [1.165, 1.54) is 23.2 Å². The van der Waals surface area contributed by atoms with Crippen molar-refractivity contribution in [3.05, 3.63) is 65.2 Å². The lowest BCUT2D eigenvalue weighted by Gasteiger charge is -2.16. The summed E-state index contributed by atoms with van der Waals surface area (Å²) >= 11 is 1.41. The highest BCUT2D eigenvalue weighted by molar-refractivity contribution is 7.90. The predicted octanol–water partition coefficient (Wildman–Crippen LogP) is 3.42. The van der Waals surface area contributed by atoms with E-state index in [2.05, 4.69) is 16.4 Å². The Balaban J connectivity index is 1.42. The molecule has 4 rings (SSSR count). The number of hydrogen-bond donors (Lipinski definition) is 1. The van der Waals surface area contributed by atoms with Crippen LogP contribution in [0.15, 0.2) is 58.8 Å². The molecule has 2 heterocycles. The van der Waals surface area contributed by atoms with Gasteiger partial charge in [0.1, 0.15) is 0 Å². The fourth-order valence-corrected chi connectivity index (χ4v) is 4.56. The largest absolute Gasteiger partial charge is 0.332 e. The van der Waals surface area contributed by atoms with Gasteiger partial charge in [-0.3, -0.25) is 4.79 Å². The SMILES string of the molecule is CS(=O)(=O)c1ccc(Nc2nc(CC(=O)N3CCc4ccccc43)cs2)cc1. The molecule has 2 aromatic carbocycles. The average Bonchev–Trinajstić information content (AvgIpc) is 3.28. The Labute approximate surface area is 167 Å². The van der Waals surface area contributed by atoms with Crippen molar-refractivity contribution in [1.29, 1.82) is 0 Å². The van der Waals surface area contributed by atoms with Gasteiger partial charge in [0.05, 0.1) is 17.0 Å². The van der Waals surface area contributed by atoms with E-state index in [1.54, 1.807) is 24.3 Å². The van der Waals surface area contributed by atoms with Crippen LogP contribution in [0.4, 0.5) is 16.5 Å². The molecule has 0 radical (unpaired) electrons. The van der Waals surface area contributed by atoms with Crippen LogP contribution in [0.5, 0.6) is 0 Å². The number of rotatable bonds is 5. The van der Waals surface area contributed by atoms with Gasteiger partial charge in [0.25, 0.3) is 0 Å². The predicted molar refractivity (Wildman–Crippen MR) is 111 cm³/mol. The molecule has 0 unspecified atom stereocenters. The van der Waals surface area contributed by atoms with Crippen LogP contribution in [0, 0.1) is 0 Å². The number of aromatic nitrogens is 1. The summed E-state index contributed by atoms with van der Waals surface area (Å²) in [5.74, 6) is 0.0410. The molecular formula is C20H19N3O3S2. The second-order valence-corrected chi connectivity index (χ2v) is 9.54. The molecule has 0 spiro atoms. The molecule has 1 N–H and O–H groups in total. The molecule has 1 amide bonds. The molecule has 28 heavy (non-hydrogen) atoms. The highest BCUT2D eigenvalue weighted by Gasteiger charge is 2.24. The Morgan fingerprint density at radius 2 is 1.93 bits per heavy atom. The van der Waals surface area contributed by atoms with Crippen LogP contribution in [-0.2, 0) is 27.5 Å². The number of amides is 1. The number of hydrogen-bond acceptors (Lipinski definition) is 6. The van der Waals surface area contributed by atoms with Gasteiger partial charge in [0.15, 0.2) is 15.0 Å². The zero-order valence-corrected chi connectivity index (χ0v) is 16.9. The number of benzene rings is 2. The lowest BCUT2D eigenvalue weighted by atomic mass is 10.2. The van der Waals surface area contributed by atoms with Gasteiger partial charge in [-0.05, 0) is 42.3 Å². The molecule has 1 aliphatic rings. The van der Waals surface area contributed by atoms with Crippen molar-refractivity contribution in [2.24, 2.45) is 0 Å². The third-order valence-corrected chi connectivity index (χ3v) is 6.54. The number of carbonyl (C=O) groups is 1. The van der Waals surface area contributed by atoms with Gasteiger partial charge < -0.3 is 10.2 Å². The number of thiazole rings is 1. The Kier molecular flexibility index (Phi) is 4.91. The van der Waals surface area contributed by atoms with E-state index < -0.39 is 9.84 Å². The zero-order chi connectivity index (χ0) is 19.7. The summed E-state index contributed by atoms with van der Waals surface area (Å²) in [5.41, 5.74) is 3.66. The lowest BCUT2D eigenvalue weighted by molar-refractivity contribution is -0.117. The highest BCUT2D eigenvalue weighted by atomic mass is 32.2. The monoisotopic (exact) mass is 413 g/mol. The molecule has 0 atom stereocenters. The van der Waals surface area contributed by atoms with Gasteiger partial charge in [0, 0.05) is 29.6 Å². The first-order valence-electron chi connectivity index (χ1n) is 8.80. The van der Waals surface area contributed by atoms with E-state index in [0.29, 0.717) is 11.7 Å². The fourth-order valence-electron chi connectivity index (χ4n) is 3.20. The molecule has 1 aromatic heterocycles. The first-order valence-corrected chi connectivity index (χ1v) is 11.6. The molecule has 0 aliphatic carbocycles. The maximum Gasteiger partial charge on any atom is 0.233 e. The maximum absolute atomic E-state index is 12.7. The molecule has 1 aliphatic heterocycles. The zero-order valence-electron chi connectivity index (χ0n) is 15.3. The quantitative estimate of drug-likeness (QED) is 0.693. The summed E-state index contributed by atoms with van der Waals surface area (Å²) in [6.45, 7) is 0.708. The summed E-state index contributed by atoms with van der Waals surface area (Å²) < 4.78 is 23.1. The van der Waals surface area contributed by atoms with Crippen LogP contribution >= 0.6 is 11.3 Å². The molecule has 3 aromatic rings. The van der Waals surface area contributed by atoms with Gasteiger partial charge in [-0.25, -0.2) is 13.4 Å². The number of sulfone groups is 1. The van der Waals surface area contributed by atoms with E-state index in [-0.39, 0.29) is 17.2 Å². The van der Waals surface area contributed by atoms with E-state index in [9.17, 15) is 13.2 Å². The first-order chi connectivity index (χ1) is 13.4. The number of carbonyl (C=O) groups excluding carboxylic acids is 1. The third-order valence-electron chi connectivity index (χ3n) is 4.61. The maximum atomic E-state index is 12.7. The van der Waals surface area contributed by atoms with Crippen molar-refractivity contribution in [2.75, 3.05) is 23.0 Å². The third kappa shape index (κ3) is 3.93. The number of fused-ring (bicyclic) bond motifs is 1. The standard InChI is InChI=1S/C20H19N3O3S2/c1-28(25,26)17-8-6-15(7-9-17)21-20-22-16(13-27-20)12-19(24)23-11-10-14-4-2-3-5-18(14)23/h2-9,13H,10-12H2,1H3,(H,21,22). The summed E-state index contributed by atoms with van der Waals surface area (Å²) in [6, 6.07) is 14.5. The van der Waals surface area contributed by atoms with Crippen LogP contribution in [0.1, 0.15) is 11.3 Å². The van der Waals surface area contributed by atoms with Crippen molar-refractivity contribution >= 4 is 43.6 Å². The van der Waals surface area contributed by atoms with Crippen molar-refractivity contribution in [1.82, 2.24) is 4.98 Å². The minimum absolute atomic E-state index is 0.0410. The number of nitrogens with one attached hydrogen (secondary N) is 1. The summed E-state index contributed by atoms with van der Waals surface area (Å²) in [4.78, 5) is 19.3. The Morgan fingerprint density at radius 3 is 2.68 bits per heavy atom. The van der Waals surface area contributed by atoms with Crippen molar-refractivity contribution < 1.29 is 13.2 Å². The van der Waals surface area contributed by atoms with Crippen molar-refractivity contribution in [2.45, 2.75) is 17.7 Å².